The summed E-state index contributed by atoms with van der Waals surface area (Å²) in [5, 5.41) is 1.95. The van der Waals surface area contributed by atoms with E-state index in [-0.39, 0.29) is 0 Å². The molecule has 2 rings (SSSR count). The summed E-state index contributed by atoms with van der Waals surface area (Å²) >= 11 is 2.22. The summed E-state index contributed by atoms with van der Waals surface area (Å²) in [7, 11) is 4.82. The molecule has 0 N–H and O–H groups in total. The van der Waals surface area contributed by atoms with E-state index in [1.165, 1.54) is 0 Å². The van der Waals surface area contributed by atoms with E-state index in [2.05, 4.69) is 27.6 Å². The lowest BCUT2D eigenvalue weighted by Crippen LogP contribution is -1.97. The van der Waals surface area contributed by atoms with Crippen LogP contribution in [0.15, 0.2) is 18.5 Å². The van der Waals surface area contributed by atoms with Gasteiger partial charge in [0.25, 0.3) is 0 Å². The lowest BCUT2D eigenvalue weighted by atomic mass is 10.1. The van der Waals surface area contributed by atoms with Crippen molar-refractivity contribution >= 4 is 33.4 Å². The largest absolute Gasteiger partial charge is 0.493 e. The number of ether oxygens (including phenoxy) is 3. The Hall–Kier alpha value is -1.24. The van der Waals surface area contributed by atoms with Crippen LogP contribution in [0.25, 0.3) is 10.8 Å². The number of rotatable bonds is 3. The Morgan fingerprint density at radius 1 is 1.00 bits per heavy atom. The van der Waals surface area contributed by atoms with Crippen molar-refractivity contribution in [1.29, 1.82) is 0 Å². The lowest BCUT2D eigenvalue weighted by molar-refractivity contribution is 0.327. The molecule has 0 spiro atoms. The number of halogens is 1. The highest BCUT2D eigenvalue weighted by Gasteiger charge is 2.17. The fourth-order valence-corrected chi connectivity index (χ4v) is 2.49. The number of aromatic nitrogens is 1. The molecule has 1 heterocycles. The molecule has 0 amide bonds. The number of fused-ring (bicyclic) bond motifs is 1. The molecular formula is C12H12INO3. The van der Waals surface area contributed by atoms with E-state index in [0.717, 1.165) is 14.3 Å². The molecular weight excluding hydrogens is 333 g/mol. The Balaban J connectivity index is 2.90. The van der Waals surface area contributed by atoms with Crippen molar-refractivity contribution in [2.24, 2.45) is 0 Å². The van der Waals surface area contributed by atoms with Crippen LogP contribution in [0.2, 0.25) is 0 Å². The van der Waals surface area contributed by atoms with E-state index in [0.29, 0.717) is 17.2 Å². The zero-order chi connectivity index (χ0) is 12.4. The van der Waals surface area contributed by atoms with Crippen molar-refractivity contribution < 1.29 is 14.2 Å². The maximum atomic E-state index is 5.44. The molecule has 1 aromatic carbocycles. The van der Waals surface area contributed by atoms with Crippen LogP contribution in [0.5, 0.6) is 17.2 Å². The fraction of sp³-hybridized carbons (Fsp3) is 0.250. The van der Waals surface area contributed by atoms with Crippen molar-refractivity contribution in [1.82, 2.24) is 4.98 Å². The highest BCUT2D eigenvalue weighted by Crippen LogP contribution is 2.44. The van der Waals surface area contributed by atoms with Crippen LogP contribution in [0, 0.1) is 3.57 Å². The molecule has 0 saturated carbocycles. The van der Waals surface area contributed by atoms with Crippen molar-refractivity contribution in [3.8, 4) is 17.2 Å². The molecule has 90 valence electrons. The monoisotopic (exact) mass is 345 g/mol. The van der Waals surface area contributed by atoms with Crippen molar-refractivity contribution in [2.45, 2.75) is 0 Å². The molecule has 2 aromatic rings. The van der Waals surface area contributed by atoms with Gasteiger partial charge in [0.1, 0.15) is 0 Å². The molecule has 0 radical (unpaired) electrons. The van der Waals surface area contributed by atoms with E-state index in [1.807, 2.05) is 6.07 Å². The Bertz CT molecular complexity index is 557. The van der Waals surface area contributed by atoms with Crippen LogP contribution in [0.4, 0.5) is 0 Å². The zero-order valence-electron chi connectivity index (χ0n) is 9.78. The van der Waals surface area contributed by atoms with Crippen LogP contribution in [0.3, 0.4) is 0 Å². The number of benzene rings is 1. The molecule has 1 aromatic heterocycles. The third kappa shape index (κ3) is 1.99. The van der Waals surface area contributed by atoms with E-state index in [4.69, 9.17) is 14.2 Å². The zero-order valence-corrected chi connectivity index (χ0v) is 11.9. The standard InChI is InChI=1S/C12H12INO3/c1-15-9-4-7-5-14-6-8(13)10(7)12(17-3)11(9)16-2/h4-6H,1-3H3. The number of hydrogen-bond donors (Lipinski definition) is 0. The molecule has 0 aliphatic heterocycles. The quantitative estimate of drug-likeness (QED) is 0.803. The molecule has 17 heavy (non-hydrogen) atoms. The Kier molecular flexibility index (Phi) is 3.56. The molecule has 0 unspecified atom stereocenters. The number of hydrogen-bond acceptors (Lipinski definition) is 4. The Morgan fingerprint density at radius 2 is 1.71 bits per heavy atom. The Morgan fingerprint density at radius 3 is 2.29 bits per heavy atom. The summed E-state index contributed by atoms with van der Waals surface area (Å²) in [5.41, 5.74) is 0. The predicted octanol–water partition coefficient (Wildman–Crippen LogP) is 2.87. The molecule has 0 bridgehead atoms. The fourth-order valence-electron chi connectivity index (χ4n) is 1.77. The summed E-state index contributed by atoms with van der Waals surface area (Å²) < 4.78 is 17.1. The van der Waals surface area contributed by atoms with Crippen molar-refractivity contribution in [3.05, 3.63) is 22.0 Å². The molecule has 0 saturated heterocycles. The van der Waals surface area contributed by atoms with Crippen LogP contribution < -0.4 is 14.2 Å². The van der Waals surface area contributed by atoms with E-state index in [1.54, 1.807) is 33.7 Å². The summed E-state index contributed by atoms with van der Waals surface area (Å²) in [6, 6.07) is 1.89. The van der Waals surface area contributed by atoms with E-state index in [9.17, 15) is 0 Å². The topological polar surface area (TPSA) is 40.6 Å². The first-order chi connectivity index (χ1) is 8.22. The second-order valence-corrected chi connectivity index (χ2v) is 4.53. The van der Waals surface area contributed by atoms with Crippen LogP contribution in [-0.2, 0) is 0 Å². The minimum Gasteiger partial charge on any atom is -0.493 e. The van der Waals surface area contributed by atoms with Crippen LogP contribution in [0.1, 0.15) is 0 Å². The molecule has 0 aliphatic carbocycles. The molecule has 0 atom stereocenters. The average molecular weight is 345 g/mol. The number of pyridine rings is 1. The lowest BCUT2D eigenvalue weighted by Gasteiger charge is -2.15. The van der Waals surface area contributed by atoms with Gasteiger partial charge in [0.15, 0.2) is 11.5 Å². The van der Waals surface area contributed by atoms with Gasteiger partial charge in [-0.25, -0.2) is 0 Å². The molecule has 5 heteroatoms. The summed E-state index contributed by atoms with van der Waals surface area (Å²) in [6.45, 7) is 0. The third-order valence-electron chi connectivity index (χ3n) is 2.50. The maximum absolute atomic E-state index is 5.44. The van der Waals surface area contributed by atoms with Gasteiger partial charge in [-0.2, -0.15) is 0 Å². The first-order valence-electron chi connectivity index (χ1n) is 4.95. The van der Waals surface area contributed by atoms with Gasteiger partial charge in [0, 0.05) is 26.7 Å². The van der Waals surface area contributed by atoms with Gasteiger partial charge in [0.2, 0.25) is 5.75 Å². The minimum atomic E-state index is 0.603. The Labute approximate surface area is 113 Å². The SMILES string of the molecule is COc1cc2cncc(I)c2c(OC)c1OC. The second-order valence-electron chi connectivity index (χ2n) is 3.36. The highest BCUT2D eigenvalue weighted by atomic mass is 127. The normalized spacial score (nSPS) is 10.4. The summed E-state index contributed by atoms with van der Waals surface area (Å²) in [5.74, 6) is 1.92. The number of methoxy groups -OCH3 is 3. The van der Waals surface area contributed by atoms with Crippen LogP contribution >= 0.6 is 22.6 Å². The summed E-state index contributed by atoms with van der Waals surface area (Å²) in [4.78, 5) is 4.16. The van der Waals surface area contributed by atoms with Gasteiger partial charge in [-0.3, -0.25) is 4.98 Å². The average Bonchev–Trinajstić information content (AvgIpc) is 2.36. The second kappa shape index (κ2) is 4.95. The summed E-state index contributed by atoms with van der Waals surface area (Å²) in [6.07, 6.45) is 3.57. The highest BCUT2D eigenvalue weighted by molar-refractivity contribution is 14.1. The smallest absolute Gasteiger partial charge is 0.203 e. The first-order valence-corrected chi connectivity index (χ1v) is 6.03. The third-order valence-corrected chi connectivity index (χ3v) is 3.32. The van der Waals surface area contributed by atoms with Crippen molar-refractivity contribution in [2.75, 3.05) is 21.3 Å². The van der Waals surface area contributed by atoms with E-state index >= 15 is 0 Å². The molecule has 4 nitrogen and oxygen atoms in total. The maximum Gasteiger partial charge on any atom is 0.203 e. The molecule has 0 fully saturated rings. The van der Waals surface area contributed by atoms with Gasteiger partial charge in [-0.15, -0.1) is 0 Å². The minimum absolute atomic E-state index is 0.603. The van der Waals surface area contributed by atoms with Gasteiger partial charge in [0.05, 0.1) is 21.3 Å². The first kappa shape index (κ1) is 12.2. The van der Waals surface area contributed by atoms with Crippen LogP contribution in [-0.4, -0.2) is 26.3 Å². The molecule has 0 aliphatic rings. The predicted molar refractivity (Wildman–Crippen MR) is 74.1 cm³/mol. The van der Waals surface area contributed by atoms with Gasteiger partial charge in [-0.05, 0) is 28.7 Å². The van der Waals surface area contributed by atoms with E-state index < -0.39 is 0 Å². The van der Waals surface area contributed by atoms with Crippen molar-refractivity contribution in [3.63, 3.8) is 0 Å². The van der Waals surface area contributed by atoms with Gasteiger partial charge >= 0.3 is 0 Å². The number of nitrogens with zero attached hydrogens (tertiary/aromatic N) is 1. The van der Waals surface area contributed by atoms with Gasteiger partial charge < -0.3 is 14.2 Å². The van der Waals surface area contributed by atoms with Gasteiger partial charge in [-0.1, -0.05) is 0 Å².